The van der Waals surface area contributed by atoms with Gasteiger partial charge in [0.2, 0.25) is 0 Å². The average molecular weight is 418 g/mol. The molecule has 0 saturated carbocycles. The van der Waals surface area contributed by atoms with Crippen LogP contribution in [-0.4, -0.2) is 35.7 Å². The highest BCUT2D eigenvalue weighted by Crippen LogP contribution is 2.34. The first-order valence-corrected chi connectivity index (χ1v) is 9.83. The van der Waals surface area contributed by atoms with Crippen LogP contribution in [0.25, 0.3) is 0 Å². The van der Waals surface area contributed by atoms with Crippen LogP contribution in [0.5, 0.6) is 5.75 Å². The minimum atomic E-state index is -0.675. The molecule has 138 valence electrons. The van der Waals surface area contributed by atoms with E-state index in [1.54, 1.807) is 0 Å². The number of rotatable bonds is 6. The predicted octanol–water partition coefficient (Wildman–Crippen LogP) is 4.73. The molecule has 3 rings (SSSR count). The molecule has 1 heterocycles. The van der Waals surface area contributed by atoms with E-state index in [4.69, 9.17) is 4.74 Å². The Balaban J connectivity index is 1.87. The molecular formula is C21H24BrNO3. The van der Waals surface area contributed by atoms with E-state index in [1.807, 2.05) is 19.1 Å². The number of carbonyl (C=O) groups is 1. The lowest BCUT2D eigenvalue weighted by atomic mass is 9.91. The topological polar surface area (TPSA) is 49.8 Å². The molecule has 0 amide bonds. The van der Waals surface area contributed by atoms with Gasteiger partial charge >= 0.3 is 5.97 Å². The van der Waals surface area contributed by atoms with E-state index in [0.29, 0.717) is 19.4 Å². The van der Waals surface area contributed by atoms with Gasteiger partial charge in [0.1, 0.15) is 5.75 Å². The summed E-state index contributed by atoms with van der Waals surface area (Å²) in [7, 11) is 0. The largest absolute Gasteiger partial charge is 0.494 e. The minimum Gasteiger partial charge on any atom is -0.494 e. The van der Waals surface area contributed by atoms with Crippen molar-refractivity contribution in [2.24, 2.45) is 5.92 Å². The van der Waals surface area contributed by atoms with E-state index < -0.39 is 5.97 Å². The van der Waals surface area contributed by atoms with Crippen LogP contribution in [-0.2, 0) is 4.79 Å². The number of piperidine rings is 1. The molecule has 0 bridgehead atoms. The fourth-order valence-electron chi connectivity index (χ4n) is 3.58. The molecule has 0 aromatic heterocycles. The van der Waals surface area contributed by atoms with Gasteiger partial charge in [-0.1, -0.05) is 40.2 Å². The molecule has 5 heteroatoms. The molecular weight excluding hydrogens is 394 g/mol. The lowest BCUT2D eigenvalue weighted by Crippen LogP contribution is -2.39. The fourth-order valence-corrected chi connectivity index (χ4v) is 3.84. The van der Waals surface area contributed by atoms with Crippen LogP contribution in [0, 0.1) is 5.92 Å². The number of carboxylic acid groups (broad SMARTS) is 1. The number of carboxylic acids is 1. The molecule has 0 spiro atoms. The van der Waals surface area contributed by atoms with Crippen LogP contribution in [0.4, 0.5) is 0 Å². The summed E-state index contributed by atoms with van der Waals surface area (Å²) in [4.78, 5) is 13.7. The van der Waals surface area contributed by atoms with Gasteiger partial charge < -0.3 is 9.84 Å². The summed E-state index contributed by atoms with van der Waals surface area (Å²) in [5, 5.41) is 9.27. The van der Waals surface area contributed by atoms with Crippen LogP contribution < -0.4 is 4.74 Å². The van der Waals surface area contributed by atoms with Crippen molar-refractivity contribution in [3.05, 3.63) is 64.1 Å². The fraction of sp³-hybridized carbons (Fsp3) is 0.381. The van der Waals surface area contributed by atoms with Crippen LogP contribution >= 0.6 is 15.9 Å². The van der Waals surface area contributed by atoms with Gasteiger partial charge in [-0.05, 0) is 68.2 Å². The number of aliphatic carboxylic acids is 1. The molecule has 1 aliphatic rings. The van der Waals surface area contributed by atoms with Crippen LogP contribution in [0.2, 0.25) is 0 Å². The summed E-state index contributed by atoms with van der Waals surface area (Å²) in [6.07, 6.45) is 1.39. The maximum absolute atomic E-state index is 11.3. The maximum atomic E-state index is 11.3. The number of halogens is 1. The van der Waals surface area contributed by atoms with E-state index in [2.05, 4.69) is 57.2 Å². The SMILES string of the molecule is CCOc1ccc(C(c2ccc(Br)cc2)N2CCC(C(=O)O)CC2)cc1. The van der Waals surface area contributed by atoms with Gasteiger partial charge in [-0.15, -0.1) is 0 Å². The van der Waals surface area contributed by atoms with Crippen LogP contribution in [0.1, 0.15) is 36.9 Å². The van der Waals surface area contributed by atoms with Gasteiger partial charge in [0.25, 0.3) is 0 Å². The predicted molar refractivity (Wildman–Crippen MR) is 106 cm³/mol. The molecule has 2 aromatic carbocycles. The van der Waals surface area contributed by atoms with E-state index in [1.165, 1.54) is 11.1 Å². The lowest BCUT2D eigenvalue weighted by molar-refractivity contribution is -0.143. The van der Waals surface area contributed by atoms with Gasteiger partial charge in [0.15, 0.2) is 0 Å². The Kier molecular flexibility index (Phi) is 6.33. The highest BCUT2D eigenvalue weighted by molar-refractivity contribution is 9.10. The minimum absolute atomic E-state index is 0.119. The third kappa shape index (κ3) is 4.46. The van der Waals surface area contributed by atoms with E-state index in [9.17, 15) is 9.90 Å². The quantitative estimate of drug-likeness (QED) is 0.737. The zero-order chi connectivity index (χ0) is 18.5. The summed E-state index contributed by atoms with van der Waals surface area (Å²) < 4.78 is 6.61. The summed E-state index contributed by atoms with van der Waals surface area (Å²) in [6.45, 7) is 4.19. The normalized spacial score (nSPS) is 17.0. The van der Waals surface area contributed by atoms with E-state index in [0.717, 1.165) is 23.3 Å². The number of benzene rings is 2. The molecule has 26 heavy (non-hydrogen) atoms. The monoisotopic (exact) mass is 417 g/mol. The average Bonchev–Trinajstić information content (AvgIpc) is 2.65. The van der Waals surface area contributed by atoms with Crippen LogP contribution in [0.3, 0.4) is 0 Å². The molecule has 1 fully saturated rings. The third-order valence-electron chi connectivity index (χ3n) is 4.94. The smallest absolute Gasteiger partial charge is 0.306 e. The standard InChI is InChI=1S/C21H24BrNO3/c1-2-26-19-9-5-16(6-10-19)20(15-3-7-18(22)8-4-15)23-13-11-17(12-14-23)21(24)25/h3-10,17,20H,2,11-14H2,1H3,(H,24,25). The van der Waals surface area contributed by atoms with Gasteiger partial charge in [-0.3, -0.25) is 9.69 Å². The Morgan fingerprint density at radius 1 is 1.12 bits per heavy atom. The van der Waals surface area contributed by atoms with Crippen molar-refractivity contribution in [1.29, 1.82) is 0 Å². The number of likely N-dealkylation sites (tertiary alicyclic amines) is 1. The second-order valence-corrected chi connectivity index (χ2v) is 7.52. The van der Waals surface area contributed by atoms with Gasteiger partial charge in [0.05, 0.1) is 18.6 Å². The van der Waals surface area contributed by atoms with Crippen molar-refractivity contribution in [2.75, 3.05) is 19.7 Å². The second-order valence-electron chi connectivity index (χ2n) is 6.60. The number of hydrogen-bond donors (Lipinski definition) is 1. The molecule has 1 N–H and O–H groups in total. The second kappa shape index (κ2) is 8.69. The molecule has 0 radical (unpaired) electrons. The highest BCUT2D eigenvalue weighted by atomic mass is 79.9. The van der Waals surface area contributed by atoms with E-state index >= 15 is 0 Å². The van der Waals surface area contributed by atoms with Crippen LogP contribution in [0.15, 0.2) is 53.0 Å². The Bertz CT molecular complexity index is 722. The summed E-state index contributed by atoms with van der Waals surface area (Å²) in [5.41, 5.74) is 2.41. The number of ether oxygens (including phenoxy) is 1. The molecule has 1 saturated heterocycles. The summed E-state index contributed by atoms with van der Waals surface area (Å²) in [6, 6.07) is 16.7. The van der Waals surface area contributed by atoms with E-state index in [-0.39, 0.29) is 12.0 Å². The molecule has 1 aliphatic heterocycles. The molecule has 2 aromatic rings. The molecule has 0 aliphatic carbocycles. The molecule has 1 atom stereocenters. The van der Waals surface area contributed by atoms with Crippen molar-refractivity contribution in [1.82, 2.24) is 4.90 Å². The Morgan fingerprint density at radius 2 is 1.65 bits per heavy atom. The first kappa shape index (κ1) is 18.9. The maximum Gasteiger partial charge on any atom is 0.306 e. The lowest BCUT2D eigenvalue weighted by Gasteiger charge is -2.37. The Labute approximate surface area is 162 Å². The molecule has 1 unspecified atom stereocenters. The van der Waals surface area contributed by atoms with Crippen molar-refractivity contribution >= 4 is 21.9 Å². The van der Waals surface area contributed by atoms with Gasteiger partial charge in [0, 0.05) is 4.47 Å². The van der Waals surface area contributed by atoms with Gasteiger partial charge in [-0.25, -0.2) is 0 Å². The number of hydrogen-bond acceptors (Lipinski definition) is 3. The Morgan fingerprint density at radius 3 is 2.15 bits per heavy atom. The molecule has 4 nitrogen and oxygen atoms in total. The summed E-state index contributed by atoms with van der Waals surface area (Å²) >= 11 is 3.50. The van der Waals surface area contributed by atoms with Crippen molar-refractivity contribution in [3.8, 4) is 5.75 Å². The summed E-state index contributed by atoms with van der Waals surface area (Å²) in [5.74, 6) is -0.0292. The Hall–Kier alpha value is -1.85. The zero-order valence-corrected chi connectivity index (χ0v) is 16.5. The van der Waals surface area contributed by atoms with Crippen molar-refractivity contribution < 1.29 is 14.6 Å². The third-order valence-corrected chi connectivity index (χ3v) is 5.47. The first-order chi connectivity index (χ1) is 12.6. The zero-order valence-electron chi connectivity index (χ0n) is 14.9. The first-order valence-electron chi connectivity index (χ1n) is 9.03. The van der Waals surface area contributed by atoms with Crippen molar-refractivity contribution in [3.63, 3.8) is 0 Å². The van der Waals surface area contributed by atoms with Gasteiger partial charge in [-0.2, -0.15) is 0 Å². The highest BCUT2D eigenvalue weighted by Gasteiger charge is 2.30. The number of nitrogens with zero attached hydrogens (tertiary/aromatic N) is 1. The van der Waals surface area contributed by atoms with Crippen molar-refractivity contribution in [2.45, 2.75) is 25.8 Å².